The van der Waals surface area contributed by atoms with Gasteiger partial charge in [0.25, 0.3) is 10.0 Å². The van der Waals surface area contributed by atoms with Crippen LogP contribution in [0.1, 0.15) is 11.1 Å². The second-order valence-corrected chi connectivity index (χ2v) is 6.93. The minimum Gasteiger partial charge on any atom is -0.389 e. The summed E-state index contributed by atoms with van der Waals surface area (Å²) in [6.07, 6.45) is 0. The molecular formula is C14H13ClN2O2S2. The third kappa shape index (κ3) is 3.53. The smallest absolute Gasteiger partial charge is 0.262 e. The zero-order valence-electron chi connectivity index (χ0n) is 11.1. The summed E-state index contributed by atoms with van der Waals surface area (Å²) in [5.41, 5.74) is 7.01. The second kappa shape index (κ2) is 6.01. The van der Waals surface area contributed by atoms with Crippen molar-refractivity contribution in [3.63, 3.8) is 0 Å². The first kappa shape index (κ1) is 15.8. The van der Waals surface area contributed by atoms with Gasteiger partial charge in [-0.25, -0.2) is 8.42 Å². The SMILES string of the molecule is Cc1ccccc1S(=O)(=O)Nc1ccc(C(N)=S)cc1Cl. The van der Waals surface area contributed by atoms with Gasteiger partial charge in [0.15, 0.2) is 0 Å². The molecule has 0 fully saturated rings. The van der Waals surface area contributed by atoms with E-state index in [1.54, 1.807) is 31.2 Å². The van der Waals surface area contributed by atoms with Crippen molar-refractivity contribution in [2.45, 2.75) is 11.8 Å². The molecule has 7 heteroatoms. The lowest BCUT2D eigenvalue weighted by Crippen LogP contribution is -2.15. The van der Waals surface area contributed by atoms with E-state index in [-0.39, 0.29) is 20.6 Å². The van der Waals surface area contributed by atoms with E-state index in [0.29, 0.717) is 11.1 Å². The number of benzene rings is 2. The molecule has 0 spiro atoms. The highest BCUT2D eigenvalue weighted by Crippen LogP contribution is 2.26. The van der Waals surface area contributed by atoms with Crippen molar-refractivity contribution in [3.8, 4) is 0 Å². The number of thiocarbonyl (C=S) groups is 1. The standard InChI is InChI=1S/C14H13ClN2O2S2/c1-9-4-2-3-5-13(9)21(18,19)17-12-7-6-10(14(16)20)8-11(12)15/h2-8,17H,1H3,(H2,16,20). The van der Waals surface area contributed by atoms with Crippen LogP contribution in [0.5, 0.6) is 0 Å². The first-order chi connectivity index (χ1) is 9.81. The van der Waals surface area contributed by atoms with Crippen molar-refractivity contribution in [2.75, 3.05) is 4.72 Å². The highest BCUT2D eigenvalue weighted by atomic mass is 35.5. The highest BCUT2D eigenvalue weighted by Gasteiger charge is 2.17. The number of sulfonamides is 1. The fourth-order valence-electron chi connectivity index (χ4n) is 1.81. The van der Waals surface area contributed by atoms with Gasteiger partial charge in [-0.2, -0.15) is 0 Å². The van der Waals surface area contributed by atoms with Gasteiger partial charge in [0.2, 0.25) is 0 Å². The van der Waals surface area contributed by atoms with Gasteiger partial charge in [0, 0.05) is 5.56 Å². The van der Waals surface area contributed by atoms with Gasteiger partial charge in [-0.15, -0.1) is 0 Å². The average molecular weight is 341 g/mol. The van der Waals surface area contributed by atoms with Crippen molar-refractivity contribution < 1.29 is 8.42 Å². The molecule has 0 aliphatic rings. The molecule has 0 heterocycles. The summed E-state index contributed by atoms with van der Waals surface area (Å²) in [6.45, 7) is 1.73. The van der Waals surface area contributed by atoms with Gasteiger partial charge in [-0.05, 0) is 36.8 Å². The summed E-state index contributed by atoms with van der Waals surface area (Å²) < 4.78 is 27.2. The summed E-state index contributed by atoms with van der Waals surface area (Å²) >= 11 is 10.9. The van der Waals surface area contributed by atoms with E-state index < -0.39 is 10.0 Å². The van der Waals surface area contributed by atoms with Crippen molar-refractivity contribution in [1.29, 1.82) is 0 Å². The largest absolute Gasteiger partial charge is 0.389 e. The highest BCUT2D eigenvalue weighted by molar-refractivity contribution is 7.92. The number of hydrogen-bond donors (Lipinski definition) is 2. The van der Waals surface area contributed by atoms with Crippen LogP contribution in [-0.4, -0.2) is 13.4 Å². The number of hydrogen-bond acceptors (Lipinski definition) is 3. The second-order valence-electron chi connectivity index (χ2n) is 4.43. The third-order valence-electron chi connectivity index (χ3n) is 2.88. The minimum atomic E-state index is -3.70. The molecular weight excluding hydrogens is 328 g/mol. The maximum absolute atomic E-state index is 12.4. The van der Waals surface area contributed by atoms with E-state index in [2.05, 4.69) is 4.72 Å². The van der Waals surface area contributed by atoms with Crippen molar-refractivity contribution >= 4 is 44.5 Å². The molecule has 2 aromatic carbocycles. The Balaban J connectivity index is 2.38. The fourth-order valence-corrected chi connectivity index (χ4v) is 3.55. The lowest BCUT2D eigenvalue weighted by molar-refractivity contribution is 0.600. The molecule has 0 unspecified atom stereocenters. The number of nitrogens with one attached hydrogen (secondary N) is 1. The number of rotatable bonds is 4. The summed E-state index contributed by atoms with van der Waals surface area (Å²) in [6, 6.07) is 11.4. The van der Waals surface area contributed by atoms with Gasteiger partial charge < -0.3 is 5.73 Å². The van der Waals surface area contributed by atoms with E-state index in [1.165, 1.54) is 18.2 Å². The zero-order chi connectivity index (χ0) is 15.6. The molecule has 0 saturated heterocycles. The van der Waals surface area contributed by atoms with E-state index in [4.69, 9.17) is 29.6 Å². The Hall–Kier alpha value is -1.63. The Labute approximate surface area is 134 Å². The van der Waals surface area contributed by atoms with Crippen molar-refractivity contribution in [1.82, 2.24) is 0 Å². The summed E-state index contributed by atoms with van der Waals surface area (Å²) in [5.74, 6) is 0. The zero-order valence-corrected chi connectivity index (χ0v) is 13.5. The summed E-state index contributed by atoms with van der Waals surface area (Å²) in [4.78, 5) is 0.407. The number of halogens is 1. The lowest BCUT2D eigenvalue weighted by Gasteiger charge is -2.12. The minimum absolute atomic E-state index is 0.199. The molecule has 4 nitrogen and oxygen atoms in total. The molecule has 0 amide bonds. The molecule has 3 N–H and O–H groups in total. The molecule has 0 saturated carbocycles. The van der Waals surface area contributed by atoms with Gasteiger partial charge in [0.05, 0.1) is 15.6 Å². The first-order valence-corrected chi connectivity index (χ1v) is 8.26. The van der Waals surface area contributed by atoms with Crippen LogP contribution in [0.15, 0.2) is 47.4 Å². The van der Waals surface area contributed by atoms with Gasteiger partial charge >= 0.3 is 0 Å². The Morgan fingerprint density at radius 2 is 1.90 bits per heavy atom. The number of aryl methyl sites for hydroxylation is 1. The molecule has 0 radical (unpaired) electrons. The van der Waals surface area contributed by atoms with Crippen LogP contribution in [0.25, 0.3) is 0 Å². The topological polar surface area (TPSA) is 72.2 Å². The summed E-state index contributed by atoms with van der Waals surface area (Å²) in [5, 5.41) is 0.234. The molecule has 0 aromatic heterocycles. The maximum Gasteiger partial charge on any atom is 0.262 e. The number of nitrogens with two attached hydrogens (primary N) is 1. The Morgan fingerprint density at radius 3 is 2.48 bits per heavy atom. The van der Waals surface area contributed by atoms with Crippen LogP contribution >= 0.6 is 23.8 Å². The van der Waals surface area contributed by atoms with Gasteiger partial charge in [-0.3, -0.25) is 4.72 Å². The predicted molar refractivity (Wildman–Crippen MR) is 89.3 cm³/mol. The molecule has 0 bridgehead atoms. The van der Waals surface area contributed by atoms with Gasteiger partial charge in [0.1, 0.15) is 4.99 Å². The van der Waals surface area contributed by atoms with E-state index in [1.807, 2.05) is 0 Å². The van der Waals surface area contributed by atoms with E-state index >= 15 is 0 Å². The van der Waals surface area contributed by atoms with Crippen LogP contribution in [-0.2, 0) is 10.0 Å². The summed E-state index contributed by atoms with van der Waals surface area (Å²) in [7, 11) is -3.70. The molecule has 0 aliphatic carbocycles. The fraction of sp³-hybridized carbons (Fsp3) is 0.0714. The molecule has 110 valence electrons. The Kier molecular flexibility index (Phi) is 4.51. The van der Waals surface area contributed by atoms with Crippen LogP contribution in [0.4, 0.5) is 5.69 Å². The molecule has 21 heavy (non-hydrogen) atoms. The lowest BCUT2D eigenvalue weighted by atomic mass is 10.2. The van der Waals surface area contributed by atoms with Crippen LogP contribution in [0.3, 0.4) is 0 Å². The Bertz CT molecular complexity index is 804. The Morgan fingerprint density at radius 1 is 1.24 bits per heavy atom. The normalized spacial score (nSPS) is 11.1. The van der Waals surface area contributed by atoms with Crippen LogP contribution < -0.4 is 10.5 Å². The predicted octanol–water partition coefficient (Wildman–Crippen LogP) is 3.08. The molecule has 2 aromatic rings. The maximum atomic E-state index is 12.4. The molecule has 0 atom stereocenters. The molecule has 0 aliphatic heterocycles. The van der Waals surface area contributed by atoms with Gasteiger partial charge in [-0.1, -0.05) is 42.0 Å². The monoisotopic (exact) mass is 340 g/mol. The van der Waals surface area contributed by atoms with E-state index in [9.17, 15) is 8.42 Å². The quantitative estimate of drug-likeness (QED) is 0.839. The third-order valence-corrected chi connectivity index (χ3v) is 4.96. The van der Waals surface area contributed by atoms with Crippen LogP contribution in [0.2, 0.25) is 5.02 Å². The van der Waals surface area contributed by atoms with Crippen molar-refractivity contribution in [3.05, 3.63) is 58.6 Å². The number of anilines is 1. The molecule has 2 rings (SSSR count). The first-order valence-electron chi connectivity index (χ1n) is 5.99. The van der Waals surface area contributed by atoms with Crippen molar-refractivity contribution in [2.24, 2.45) is 5.73 Å². The average Bonchev–Trinajstić information content (AvgIpc) is 2.41. The van der Waals surface area contributed by atoms with Crippen LogP contribution in [0, 0.1) is 6.92 Å². The van der Waals surface area contributed by atoms with E-state index in [0.717, 1.165) is 0 Å².